The Labute approximate surface area is 82.6 Å². The number of carbonyl (C=O) groups is 1. The number of cyclic esters (lactones) is 1. The highest BCUT2D eigenvalue weighted by molar-refractivity contribution is 5.89. The third-order valence-corrected chi connectivity index (χ3v) is 1.71. The van der Waals surface area contributed by atoms with E-state index in [2.05, 4.69) is 4.74 Å². The van der Waals surface area contributed by atoms with Crippen LogP contribution in [-0.2, 0) is 9.53 Å². The molecule has 0 aromatic carbocycles. The van der Waals surface area contributed by atoms with Crippen LogP contribution in [0.4, 0.5) is 0 Å². The second-order valence-corrected chi connectivity index (χ2v) is 2.54. The lowest BCUT2D eigenvalue weighted by Gasteiger charge is -2.14. The number of aliphatic hydroxyl groups is 3. The second kappa shape index (κ2) is 5.49. The van der Waals surface area contributed by atoms with Crippen LogP contribution in [0, 0.1) is 0 Å². The van der Waals surface area contributed by atoms with Gasteiger partial charge in [-0.25, -0.2) is 4.79 Å². The summed E-state index contributed by atoms with van der Waals surface area (Å²) in [4.78, 5) is 10.6. The topological polar surface area (TPSA) is 87.0 Å². The van der Waals surface area contributed by atoms with Crippen LogP contribution in [0.5, 0.6) is 0 Å². The number of aliphatic hydroxyl groups excluding tert-OH is 3. The zero-order chi connectivity index (χ0) is 11.3. The summed E-state index contributed by atoms with van der Waals surface area (Å²) < 4.78 is 4.48. The van der Waals surface area contributed by atoms with Crippen LogP contribution in [0.2, 0.25) is 0 Å². The van der Waals surface area contributed by atoms with Gasteiger partial charge in [-0.3, -0.25) is 0 Å². The van der Waals surface area contributed by atoms with Crippen molar-refractivity contribution in [3.63, 3.8) is 0 Å². The average molecular weight is 204 g/mol. The van der Waals surface area contributed by atoms with Crippen molar-refractivity contribution in [1.29, 1.82) is 0 Å². The van der Waals surface area contributed by atoms with Gasteiger partial charge in [0.2, 0.25) is 5.76 Å². The Morgan fingerprint density at radius 2 is 1.93 bits per heavy atom. The number of carbonyl (C=O) groups excluding carboxylic acids is 1. The molecule has 0 amide bonds. The lowest BCUT2D eigenvalue weighted by atomic mass is 10.1. The highest BCUT2D eigenvalue weighted by Gasteiger charge is 2.38. The van der Waals surface area contributed by atoms with Gasteiger partial charge < -0.3 is 20.1 Å². The van der Waals surface area contributed by atoms with Crippen LogP contribution in [0.25, 0.3) is 0 Å². The van der Waals surface area contributed by atoms with Crippen molar-refractivity contribution < 1.29 is 24.9 Å². The highest BCUT2D eigenvalue weighted by atomic mass is 16.6. The van der Waals surface area contributed by atoms with Gasteiger partial charge in [0.15, 0.2) is 11.9 Å². The van der Waals surface area contributed by atoms with Gasteiger partial charge in [0.05, 0.1) is 6.10 Å². The molecule has 2 unspecified atom stereocenters. The van der Waals surface area contributed by atoms with E-state index in [1.165, 1.54) is 0 Å². The van der Waals surface area contributed by atoms with E-state index in [-0.39, 0.29) is 0 Å². The van der Waals surface area contributed by atoms with Crippen molar-refractivity contribution in [2.75, 3.05) is 0 Å². The molecule has 0 aromatic heterocycles. The summed E-state index contributed by atoms with van der Waals surface area (Å²) in [7, 11) is 0. The van der Waals surface area contributed by atoms with Crippen LogP contribution in [0.1, 0.15) is 27.2 Å². The maximum Gasteiger partial charge on any atom is 0.377 e. The first-order chi connectivity index (χ1) is 6.57. The number of rotatable bonds is 2. The van der Waals surface area contributed by atoms with Crippen LogP contribution < -0.4 is 0 Å². The van der Waals surface area contributed by atoms with E-state index in [1.54, 1.807) is 6.92 Å². The van der Waals surface area contributed by atoms with Crippen molar-refractivity contribution in [2.24, 2.45) is 0 Å². The average Bonchev–Trinajstić information content (AvgIpc) is 2.48. The van der Waals surface area contributed by atoms with Gasteiger partial charge in [-0.1, -0.05) is 20.8 Å². The molecule has 14 heavy (non-hydrogen) atoms. The molecule has 2 atom stereocenters. The summed E-state index contributed by atoms with van der Waals surface area (Å²) in [5, 5.41) is 27.1. The number of esters is 1. The number of ether oxygens (including phenoxy) is 1. The zero-order valence-corrected chi connectivity index (χ0v) is 8.52. The molecule has 0 radical (unpaired) electrons. The number of hydrogen-bond donors (Lipinski definition) is 3. The minimum Gasteiger partial charge on any atom is -0.505 e. The lowest BCUT2D eigenvalue weighted by Crippen LogP contribution is -2.27. The minimum atomic E-state index is -1.11. The fourth-order valence-electron chi connectivity index (χ4n) is 0.941. The smallest absolute Gasteiger partial charge is 0.377 e. The first-order valence-corrected chi connectivity index (χ1v) is 4.59. The lowest BCUT2D eigenvalue weighted by molar-refractivity contribution is -0.146. The normalized spacial score (nSPS) is 22.6. The SMILES string of the molecule is CC.CCC(O)C1OC(=O)C(O)=C1O. The van der Waals surface area contributed by atoms with Crippen LogP contribution in [0.3, 0.4) is 0 Å². The molecule has 1 aliphatic rings. The maximum atomic E-state index is 10.6. The molecule has 0 aliphatic carbocycles. The molecule has 1 heterocycles. The first kappa shape index (κ1) is 12.8. The molecule has 0 saturated carbocycles. The molecule has 0 aromatic rings. The Balaban J connectivity index is 0.000000791. The summed E-state index contributed by atoms with van der Waals surface area (Å²) in [6.45, 7) is 5.67. The van der Waals surface area contributed by atoms with E-state index in [1.807, 2.05) is 13.8 Å². The van der Waals surface area contributed by atoms with Crippen molar-refractivity contribution in [2.45, 2.75) is 39.4 Å². The molecule has 0 fully saturated rings. The van der Waals surface area contributed by atoms with Gasteiger partial charge in [0.1, 0.15) is 0 Å². The fourth-order valence-corrected chi connectivity index (χ4v) is 0.941. The molecule has 0 spiro atoms. The van der Waals surface area contributed by atoms with Gasteiger partial charge in [-0.15, -0.1) is 0 Å². The third kappa shape index (κ3) is 2.38. The summed E-state index contributed by atoms with van der Waals surface area (Å²) in [6.07, 6.45) is -1.75. The summed E-state index contributed by atoms with van der Waals surface area (Å²) in [5.41, 5.74) is 0. The standard InChI is InChI=1S/C7H10O5.C2H6/c1-2-3(8)6-4(9)5(10)7(11)12-6;1-2/h3,6,8-10H,2H2,1H3;1-2H3. The van der Waals surface area contributed by atoms with Crippen LogP contribution in [-0.4, -0.2) is 33.5 Å². The Kier molecular flexibility index (Phi) is 5.01. The molecule has 1 rings (SSSR count). The molecule has 1 aliphatic heterocycles. The van der Waals surface area contributed by atoms with E-state index in [9.17, 15) is 9.90 Å². The molecule has 3 N–H and O–H groups in total. The van der Waals surface area contributed by atoms with Crippen LogP contribution >= 0.6 is 0 Å². The molecule has 5 heteroatoms. The molecular formula is C9H16O5. The van der Waals surface area contributed by atoms with Crippen molar-refractivity contribution in [1.82, 2.24) is 0 Å². The predicted molar refractivity (Wildman–Crippen MR) is 49.8 cm³/mol. The minimum absolute atomic E-state index is 0.329. The van der Waals surface area contributed by atoms with E-state index < -0.39 is 29.7 Å². The Hall–Kier alpha value is -1.23. The Morgan fingerprint density at radius 3 is 2.21 bits per heavy atom. The van der Waals surface area contributed by atoms with Gasteiger partial charge in [-0.05, 0) is 6.42 Å². The van der Waals surface area contributed by atoms with Crippen molar-refractivity contribution in [3.05, 3.63) is 11.5 Å². The largest absolute Gasteiger partial charge is 0.505 e. The predicted octanol–water partition coefficient (Wildman–Crippen LogP) is 1.04. The monoisotopic (exact) mass is 204 g/mol. The summed E-state index contributed by atoms with van der Waals surface area (Å²) in [5.74, 6) is -2.40. The summed E-state index contributed by atoms with van der Waals surface area (Å²) in [6, 6.07) is 0. The van der Waals surface area contributed by atoms with Gasteiger partial charge in [0.25, 0.3) is 0 Å². The summed E-state index contributed by atoms with van der Waals surface area (Å²) >= 11 is 0. The molecule has 82 valence electrons. The van der Waals surface area contributed by atoms with Crippen LogP contribution in [0.15, 0.2) is 11.5 Å². The maximum absolute atomic E-state index is 10.6. The highest BCUT2D eigenvalue weighted by Crippen LogP contribution is 2.22. The van der Waals surface area contributed by atoms with E-state index in [0.717, 1.165) is 0 Å². The fraction of sp³-hybridized carbons (Fsp3) is 0.667. The molecule has 0 bridgehead atoms. The Morgan fingerprint density at radius 1 is 1.43 bits per heavy atom. The van der Waals surface area contributed by atoms with Gasteiger partial charge in [0, 0.05) is 0 Å². The molecule has 0 saturated heterocycles. The molecule has 5 nitrogen and oxygen atoms in total. The quantitative estimate of drug-likeness (QED) is 0.585. The second-order valence-electron chi connectivity index (χ2n) is 2.54. The first-order valence-electron chi connectivity index (χ1n) is 4.59. The number of hydrogen-bond acceptors (Lipinski definition) is 5. The Bertz CT molecular complexity index is 233. The third-order valence-electron chi connectivity index (χ3n) is 1.71. The van der Waals surface area contributed by atoms with Gasteiger partial charge in [-0.2, -0.15) is 0 Å². The zero-order valence-electron chi connectivity index (χ0n) is 8.52. The van der Waals surface area contributed by atoms with Crippen molar-refractivity contribution >= 4 is 5.97 Å². The van der Waals surface area contributed by atoms with E-state index in [4.69, 9.17) is 10.2 Å². The van der Waals surface area contributed by atoms with E-state index in [0.29, 0.717) is 6.42 Å². The van der Waals surface area contributed by atoms with Gasteiger partial charge >= 0.3 is 5.97 Å². The van der Waals surface area contributed by atoms with Crippen molar-refractivity contribution in [3.8, 4) is 0 Å². The molecular weight excluding hydrogens is 188 g/mol. The van der Waals surface area contributed by atoms with E-state index >= 15 is 0 Å².